The second kappa shape index (κ2) is 9.89. The van der Waals surface area contributed by atoms with Gasteiger partial charge in [-0.1, -0.05) is 60.7 Å². The largest absolute Gasteiger partial charge is 0.350 e. The highest BCUT2D eigenvalue weighted by atomic mass is 32.2. The monoisotopic (exact) mass is 406 g/mol. The Morgan fingerprint density at radius 2 is 1.59 bits per heavy atom. The molecule has 148 valence electrons. The van der Waals surface area contributed by atoms with E-state index < -0.39 is 4.92 Å². The van der Waals surface area contributed by atoms with Crippen LogP contribution in [0.4, 0.5) is 5.69 Å². The van der Waals surface area contributed by atoms with Crippen LogP contribution in [0.15, 0.2) is 89.8 Å². The van der Waals surface area contributed by atoms with Gasteiger partial charge in [-0.05, 0) is 30.2 Å². The molecule has 3 rings (SSSR count). The maximum absolute atomic E-state index is 12.8. The Labute approximate surface area is 174 Å². The smallest absolute Gasteiger partial charge is 0.269 e. The fraction of sp³-hybridized carbons (Fsp3) is 0.174. The minimum absolute atomic E-state index is 0.0271. The number of nitrogens with zero attached hydrogens (tertiary/aromatic N) is 1. The van der Waals surface area contributed by atoms with Crippen molar-refractivity contribution >= 4 is 23.4 Å². The van der Waals surface area contributed by atoms with Crippen molar-refractivity contribution in [1.82, 2.24) is 5.32 Å². The third-order valence-electron chi connectivity index (χ3n) is 4.52. The molecule has 0 aliphatic carbocycles. The second-order valence-electron chi connectivity index (χ2n) is 6.68. The van der Waals surface area contributed by atoms with Crippen LogP contribution in [0.2, 0.25) is 0 Å². The summed E-state index contributed by atoms with van der Waals surface area (Å²) in [6.07, 6.45) is 0.220. The SMILES string of the molecule is CC(NC(=O)CC(Sc1ccccc1)c1cccc([N+](=O)[O-])c1)c1ccccc1. The van der Waals surface area contributed by atoms with Crippen molar-refractivity contribution < 1.29 is 9.72 Å². The predicted octanol–water partition coefficient (Wildman–Crippen LogP) is 5.70. The average Bonchev–Trinajstić information content (AvgIpc) is 2.74. The molecule has 0 radical (unpaired) electrons. The summed E-state index contributed by atoms with van der Waals surface area (Å²) in [6.45, 7) is 1.94. The van der Waals surface area contributed by atoms with Crippen LogP contribution in [0.5, 0.6) is 0 Å². The maximum Gasteiger partial charge on any atom is 0.269 e. The van der Waals surface area contributed by atoms with Crippen LogP contribution in [0.3, 0.4) is 0 Å². The van der Waals surface area contributed by atoms with Crippen molar-refractivity contribution in [2.24, 2.45) is 0 Å². The van der Waals surface area contributed by atoms with E-state index in [-0.39, 0.29) is 29.3 Å². The van der Waals surface area contributed by atoms with Crippen LogP contribution in [0.1, 0.15) is 35.8 Å². The summed E-state index contributed by atoms with van der Waals surface area (Å²) < 4.78 is 0. The fourth-order valence-electron chi connectivity index (χ4n) is 3.02. The minimum atomic E-state index is -0.411. The molecule has 0 spiro atoms. The molecular formula is C23H22N2O3S. The number of nitro groups is 1. The third-order valence-corrected chi connectivity index (χ3v) is 5.79. The first-order chi connectivity index (χ1) is 14.0. The van der Waals surface area contributed by atoms with Crippen LogP contribution in [0.25, 0.3) is 0 Å². The zero-order valence-corrected chi connectivity index (χ0v) is 16.8. The first-order valence-electron chi connectivity index (χ1n) is 9.33. The van der Waals surface area contributed by atoms with Gasteiger partial charge in [0, 0.05) is 28.7 Å². The lowest BCUT2D eigenvalue weighted by molar-refractivity contribution is -0.384. The molecule has 0 aliphatic heterocycles. The number of carbonyl (C=O) groups is 1. The highest BCUT2D eigenvalue weighted by Crippen LogP contribution is 2.38. The zero-order valence-electron chi connectivity index (χ0n) is 16.0. The minimum Gasteiger partial charge on any atom is -0.350 e. The Balaban J connectivity index is 1.78. The van der Waals surface area contributed by atoms with E-state index in [4.69, 9.17) is 0 Å². The molecule has 29 heavy (non-hydrogen) atoms. The van der Waals surface area contributed by atoms with Crippen molar-refractivity contribution in [3.05, 3.63) is 106 Å². The molecule has 0 fully saturated rings. The van der Waals surface area contributed by atoms with Gasteiger partial charge in [-0.25, -0.2) is 0 Å². The van der Waals surface area contributed by atoms with Gasteiger partial charge < -0.3 is 5.32 Å². The van der Waals surface area contributed by atoms with E-state index in [0.717, 1.165) is 16.0 Å². The van der Waals surface area contributed by atoms with Crippen LogP contribution in [-0.4, -0.2) is 10.8 Å². The van der Waals surface area contributed by atoms with E-state index in [1.807, 2.05) is 73.7 Å². The highest BCUT2D eigenvalue weighted by Gasteiger charge is 2.21. The molecule has 0 saturated carbocycles. The van der Waals surface area contributed by atoms with E-state index >= 15 is 0 Å². The molecule has 5 nitrogen and oxygen atoms in total. The summed E-state index contributed by atoms with van der Waals surface area (Å²) in [6, 6.07) is 25.9. The fourth-order valence-corrected chi connectivity index (χ4v) is 4.18. The van der Waals surface area contributed by atoms with Gasteiger partial charge in [0.25, 0.3) is 5.69 Å². The summed E-state index contributed by atoms with van der Waals surface area (Å²) in [5, 5.41) is 14.0. The van der Waals surface area contributed by atoms with Gasteiger partial charge in [0.05, 0.1) is 11.0 Å². The highest BCUT2D eigenvalue weighted by molar-refractivity contribution is 7.99. The predicted molar refractivity (Wildman–Crippen MR) is 116 cm³/mol. The number of benzene rings is 3. The molecule has 0 bridgehead atoms. The topological polar surface area (TPSA) is 72.2 Å². The quantitative estimate of drug-likeness (QED) is 0.296. The zero-order chi connectivity index (χ0) is 20.6. The van der Waals surface area contributed by atoms with Crippen molar-refractivity contribution in [3.8, 4) is 0 Å². The average molecular weight is 407 g/mol. The lowest BCUT2D eigenvalue weighted by Crippen LogP contribution is -2.27. The van der Waals surface area contributed by atoms with Crippen LogP contribution >= 0.6 is 11.8 Å². The first-order valence-corrected chi connectivity index (χ1v) is 10.2. The molecule has 0 aromatic heterocycles. The molecule has 1 N–H and O–H groups in total. The standard InChI is InChI=1S/C23H22N2O3S/c1-17(18-9-4-2-5-10-18)24-23(26)16-22(29-21-13-6-3-7-14-21)19-11-8-12-20(15-19)25(27)28/h2-15,17,22H,16H2,1H3,(H,24,26). The van der Waals surface area contributed by atoms with Gasteiger partial charge in [0.1, 0.15) is 0 Å². The number of nitro benzene ring substituents is 1. The van der Waals surface area contributed by atoms with Crippen LogP contribution in [0, 0.1) is 10.1 Å². The first kappa shape index (κ1) is 20.6. The summed E-state index contributed by atoms with van der Waals surface area (Å²) in [7, 11) is 0. The van der Waals surface area contributed by atoms with E-state index in [1.165, 1.54) is 17.8 Å². The molecule has 2 unspecified atom stereocenters. The van der Waals surface area contributed by atoms with Gasteiger partial charge in [-0.2, -0.15) is 0 Å². The normalized spacial score (nSPS) is 12.7. The van der Waals surface area contributed by atoms with Gasteiger partial charge in [-0.15, -0.1) is 11.8 Å². The summed E-state index contributed by atoms with van der Waals surface area (Å²) in [5.74, 6) is -0.0960. The number of nitrogens with one attached hydrogen (secondary N) is 1. The van der Waals surface area contributed by atoms with Crippen LogP contribution < -0.4 is 5.32 Å². The number of rotatable bonds is 8. The number of hydrogen-bond donors (Lipinski definition) is 1. The maximum atomic E-state index is 12.8. The van der Waals surface area contributed by atoms with E-state index in [0.29, 0.717) is 0 Å². The van der Waals surface area contributed by atoms with Gasteiger partial charge in [0.2, 0.25) is 5.91 Å². The van der Waals surface area contributed by atoms with Crippen molar-refractivity contribution in [2.75, 3.05) is 0 Å². The van der Waals surface area contributed by atoms with Crippen LogP contribution in [-0.2, 0) is 4.79 Å². The van der Waals surface area contributed by atoms with E-state index in [1.54, 1.807) is 12.1 Å². The summed E-state index contributed by atoms with van der Waals surface area (Å²) in [4.78, 5) is 24.5. The third kappa shape index (κ3) is 5.93. The van der Waals surface area contributed by atoms with E-state index in [9.17, 15) is 14.9 Å². The van der Waals surface area contributed by atoms with Crippen molar-refractivity contribution in [2.45, 2.75) is 29.5 Å². The number of non-ortho nitro benzene ring substituents is 1. The number of carbonyl (C=O) groups excluding carboxylic acids is 1. The molecule has 3 aromatic rings. The van der Waals surface area contributed by atoms with E-state index in [2.05, 4.69) is 5.32 Å². The molecule has 0 heterocycles. The Kier molecular flexibility index (Phi) is 7.03. The molecule has 1 amide bonds. The number of thioether (sulfide) groups is 1. The molecule has 0 aliphatic rings. The second-order valence-corrected chi connectivity index (χ2v) is 7.95. The lowest BCUT2D eigenvalue weighted by atomic mass is 10.1. The molecule has 0 saturated heterocycles. The molecule has 6 heteroatoms. The van der Waals surface area contributed by atoms with Gasteiger partial charge in [0.15, 0.2) is 0 Å². The van der Waals surface area contributed by atoms with Gasteiger partial charge in [-0.3, -0.25) is 14.9 Å². The Morgan fingerprint density at radius 1 is 0.966 bits per heavy atom. The molecule has 2 atom stereocenters. The van der Waals surface area contributed by atoms with Gasteiger partial charge >= 0.3 is 0 Å². The molecular weight excluding hydrogens is 384 g/mol. The Morgan fingerprint density at radius 3 is 2.24 bits per heavy atom. The van der Waals surface area contributed by atoms with Crippen molar-refractivity contribution in [1.29, 1.82) is 0 Å². The number of hydrogen-bond acceptors (Lipinski definition) is 4. The van der Waals surface area contributed by atoms with Crippen molar-refractivity contribution in [3.63, 3.8) is 0 Å². The number of amides is 1. The summed E-state index contributed by atoms with van der Waals surface area (Å²) >= 11 is 1.53. The Hall–Kier alpha value is -3.12. The Bertz CT molecular complexity index is 964. The lowest BCUT2D eigenvalue weighted by Gasteiger charge is -2.19. The molecule has 3 aromatic carbocycles. The summed E-state index contributed by atoms with van der Waals surface area (Å²) in [5.41, 5.74) is 1.82.